The summed E-state index contributed by atoms with van der Waals surface area (Å²) in [6, 6.07) is 9.90. The highest BCUT2D eigenvalue weighted by molar-refractivity contribution is 7.89. The molecule has 16 heavy (non-hydrogen) atoms. The molecule has 1 aromatic carbocycles. The van der Waals surface area contributed by atoms with Crippen LogP contribution in [0.3, 0.4) is 0 Å². The van der Waals surface area contributed by atoms with Crippen molar-refractivity contribution in [1.29, 1.82) is 0 Å². The van der Waals surface area contributed by atoms with Crippen molar-refractivity contribution < 1.29 is 8.42 Å². The average molecular weight is 242 g/mol. The molecule has 0 aliphatic heterocycles. The van der Waals surface area contributed by atoms with Crippen molar-refractivity contribution >= 4 is 10.0 Å². The summed E-state index contributed by atoms with van der Waals surface area (Å²) in [7, 11) is 0.0145. The first-order valence-electron chi connectivity index (χ1n) is 5.17. The first-order chi connectivity index (χ1) is 7.52. The van der Waals surface area contributed by atoms with Gasteiger partial charge in [-0.25, -0.2) is 12.7 Å². The summed E-state index contributed by atoms with van der Waals surface area (Å²) >= 11 is 0. The number of rotatable bonds is 6. The van der Waals surface area contributed by atoms with E-state index in [0.29, 0.717) is 13.1 Å². The second kappa shape index (κ2) is 5.98. The summed E-state index contributed by atoms with van der Waals surface area (Å²) in [6.45, 7) is 1.17. The van der Waals surface area contributed by atoms with Crippen LogP contribution in [0.1, 0.15) is 5.56 Å². The van der Waals surface area contributed by atoms with Crippen LogP contribution in [-0.4, -0.2) is 39.1 Å². The topological polar surface area (TPSA) is 49.4 Å². The monoisotopic (exact) mass is 242 g/mol. The van der Waals surface area contributed by atoms with Gasteiger partial charge in [-0.1, -0.05) is 30.3 Å². The molecule has 0 radical (unpaired) electrons. The minimum Gasteiger partial charge on any atom is -0.312 e. The summed E-state index contributed by atoms with van der Waals surface area (Å²) in [4.78, 5) is 0. The van der Waals surface area contributed by atoms with Crippen LogP contribution < -0.4 is 5.32 Å². The zero-order valence-corrected chi connectivity index (χ0v) is 10.5. The molecule has 0 heterocycles. The van der Waals surface area contributed by atoms with Gasteiger partial charge in [0.05, 0.1) is 5.75 Å². The zero-order chi connectivity index (χ0) is 12.0. The lowest BCUT2D eigenvalue weighted by Gasteiger charge is -2.11. The number of benzene rings is 1. The summed E-state index contributed by atoms with van der Waals surface area (Å²) in [6.07, 6.45) is 0. The second-order valence-electron chi connectivity index (χ2n) is 3.76. The Hall–Kier alpha value is -0.910. The number of nitrogens with zero attached hydrogens (tertiary/aromatic N) is 1. The van der Waals surface area contributed by atoms with Crippen LogP contribution in [0, 0.1) is 0 Å². The third-order valence-corrected chi connectivity index (χ3v) is 4.10. The van der Waals surface area contributed by atoms with E-state index in [1.54, 1.807) is 14.1 Å². The van der Waals surface area contributed by atoms with Crippen molar-refractivity contribution in [2.24, 2.45) is 0 Å². The van der Waals surface area contributed by atoms with Crippen LogP contribution in [0.2, 0.25) is 0 Å². The van der Waals surface area contributed by atoms with Crippen LogP contribution in [0.25, 0.3) is 0 Å². The van der Waals surface area contributed by atoms with Crippen molar-refractivity contribution in [3.8, 4) is 0 Å². The van der Waals surface area contributed by atoms with Gasteiger partial charge in [0.15, 0.2) is 0 Å². The van der Waals surface area contributed by atoms with Gasteiger partial charge in [0.25, 0.3) is 0 Å². The van der Waals surface area contributed by atoms with Crippen LogP contribution in [0.4, 0.5) is 0 Å². The molecule has 0 atom stereocenters. The van der Waals surface area contributed by atoms with Crippen molar-refractivity contribution in [2.45, 2.75) is 6.54 Å². The average Bonchev–Trinajstić information content (AvgIpc) is 2.26. The highest BCUT2D eigenvalue weighted by Crippen LogP contribution is 1.97. The van der Waals surface area contributed by atoms with E-state index in [-0.39, 0.29) is 5.75 Å². The number of hydrogen-bond donors (Lipinski definition) is 1. The van der Waals surface area contributed by atoms with Gasteiger partial charge >= 0.3 is 0 Å². The number of hydrogen-bond acceptors (Lipinski definition) is 3. The van der Waals surface area contributed by atoms with Gasteiger partial charge in [-0.2, -0.15) is 0 Å². The highest BCUT2D eigenvalue weighted by Gasteiger charge is 2.11. The fourth-order valence-electron chi connectivity index (χ4n) is 1.21. The first kappa shape index (κ1) is 13.2. The van der Waals surface area contributed by atoms with E-state index in [2.05, 4.69) is 5.32 Å². The Morgan fingerprint density at radius 3 is 2.38 bits per heavy atom. The molecule has 0 aromatic heterocycles. The van der Waals surface area contributed by atoms with E-state index in [1.165, 1.54) is 4.31 Å². The molecule has 0 saturated carbocycles. The van der Waals surface area contributed by atoms with E-state index >= 15 is 0 Å². The molecule has 90 valence electrons. The van der Waals surface area contributed by atoms with Gasteiger partial charge in [0.1, 0.15) is 0 Å². The predicted octanol–water partition coefficient (Wildman–Crippen LogP) is 0.668. The van der Waals surface area contributed by atoms with Crippen LogP contribution in [-0.2, 0) is 16.6 Å². The second-order valence-corrected chi connectivity index (χ2v) is 6.06. The Bertz CT molecular complexity index is 401. The molecule has 4 nitrogen and oxygen atoms in total. The van der Waals surface area contributed by atoms with Crippen LogP contribution >= 0.6 is 0 Å². The summed E-state index contributed by atoms with van der Waals surface area (Å²) < 4.78 is 24.1. The van der Waals surface area contributed by atoms with Crippen LogP contribution in [0.5, 0.6) is 0 Å². The molecular formula is C11H18N2O2S. The Balaban J connectivity index is 2.28. The van der Waals surface area contributed by atoms with Crippen LogP contribution in [0.15, 0.2) is 30.3 Å². The van der Waals surface area contributed by atoms with Gasteiger partial charge in [-0.3, -0.25) is 0 Å². The smallest absolute Gasteiger partial charge is 0.214 e. The Kier molecular flexibility index (Phi) is 4.92. The Labute approximate surface area is 97.3 Å². The summed E-state index contributed by atoms with van der Waals surface area (Å²) in [5.41, 5.74) is 1.16. The lowest BCUT2D eigenvalue weighted by atomic mass is 10.2. The number of nitrogens with one attached hydrogen (secondary N) is 1. The summed E-state index contributed by atoms with van der Waals surface area (Å²) in [5.74, 6) is 0.132. The quantitative estimate of drug-likeness (QED) is 0.746. The van der Waals surface area contributed by atoms with Gasteiger partial charge in [-0.05, 0) is 5.56 Å². The third-order valence-electron chi connectivity index (χ3n) is 2.27. The van der Waals surface area contributed by atoms with Gasteiger partial charge in [-0.15, -0.1) is 0 Å². The normalized spacial score (nSPS) is 11.9. The molecule has 5 heteroatoms. The molecule has 1 rings (SSSR count). The molecule has 1 N–H and O–H groups in total. The van der Waals surface area contributed by atoms with E-state index in [1.807, 2.05) is 30.3 Å². The van der Waals surface area contributed by atoms with Crippen molar-refractivity contribution in [2.75, 3.05) is 26.4 Å². The van der Waals surface area contributed by atoms with Gasteiger partial charge in [0, 0.05) is 27.2 Å². The fraction of sp³-hybridized carbons (Fsp3) is 0.455. The van der Waals surface area contributed by atoms with Gasteiger partial charge < -0.3 is 5.32 Å². The Morgan fingerprint density at radius 1 is 1.19 bits per heavy atom. The van der Waals surface area contributed by atoms with Crippen molar-refractivity contribution in [3.63, 3.8) is 0 Å². The standard InChI is InChI=1S/C11H18N2O2S/c1-13(2)16(14,15)9-8-12-10-11-6-4-3-5-7-11/h3-7,12H,8-10H2,1-2H3. The van der Waals surface area contributed by atoms with Gasteiger partial charge in [0.2, 0.25) is 10.0 Å². The fourth-order valence-corrected chi connectivity index (χ4v) is 1.98. The molecule has 0 bridgehead atoms. The molecule has 0 aliphatic carbocycles. The third kappa shape index (κ3) is 4.30. The zero-order valence-electron chi connectivity index (χ0n) is 9.68. The summed E-state index contributed by atoms with van der Waals surface area (Å²) in [5, 5.41) is 3.11. The molecule has 0 amide bonds. The maximum Gasteiger partial charge on any atom is 0.214 e. The highest BCUT2D eigenvalue weighted by atomic mass is 32.2. The number of sulfonamides is 1. The maximum atomic E-state index is 11.4. The predicted molar refractivity (Wildman–Crippen MR) is 65.6 cm³/mol. The van der Waals surface area contributed by atoms with E-state index in [0.717, 1.165) is 5.56 Å². The van der Waals surface area contributed by atoms with Crippen molar-refractivity contribution in [1.82, 2.24) is 9.62 Å². The molecular weight excluding hydrogens is 224 g/mol. The maximum absolute atomic E-state index is 11.4. The minimum atomic E-state index is -3.08. The first-order valence-corrected chi connectivity index (χ1v) is 6.78. The molecule has 0 unspecified atom stereocenters. The minimum absolute atomic E-state index is 0.132. The van der Waals surface area contributed by atoms with Crippen molar-refractivity contribution in [3.05, 3.63) is 35.9 Å². The molecule has 0 fully saturated rings. The lowest BCUT2D eigenvalue weighted by molar-refractivity contribution is 0.517. The molecule has 0 spiro atoms. The molecule has 1 aromatic rings. The SMILES string of the molecule is CN(C)S(=O)(=O)CCNCc1ccccc1. The molecule has 0 saturated heterocycles. The van der Waals surface area contributed by atoms with E-state index < -0.39 is 10.0 Å². The van der Waals surface area contributed by atoms with E-state index in [9.17, 15) is 8.42 Å². The Morgan fingerprint density at radius 2 is 1.81 bits per heavy atom. The largest absolute Gasteiger partial charge is 0.312 e. The molecule has 0 aliphatic rings. The van der Waals surface area contributed by atoms with E-state index in [4.69, 9.17) is 0 Å². The lowest BCUT2D eigenvalue weighted by Crippen LogP contribution is -2.30.